The Labute approximate surface area is 172 Å². The van der Waals surface area contributed by atoms with Crippen LogP contribution in [0.1, 0.15) is 45.6 Å². The van der Waals surface area contributed by atoms with Crippen LogP contribution in [-0.4, -0.2) is 49.6 Å². The second-order valence-corrected chi connectivity index (χ2v) is 8.61. The van der Waals surface area contributed by atoms with Crippen LogP contribution in [-0.2, 0) is 9.53 Å². The number of halogens is 1. The van der Waals surface area contributed by atoms with Gasteiger partial charge >= 0.3 is 6.09 Å². The standard InChI is InChI=1S/C19H22ClN5O4/c1-19(2,3)29-18(28)24(12-4-5-12)15-8-13(20)22-16-11(9-21-25(15)16)6-10-7-14(26)23-17(10)27/h6,8-9,12,17,27H,4-5,7H2,1-3H3,(H,23,26). The van der Waals surface area contributed by atoms with Crippen LogP contribution in [0.3, 0.4) is 0 Å². The summed E-state index contributed by atoms with van der Waals surface area (Å²) in [6.07, 6.45) is 3.52. The van der Waals surface area contributed by atoms with E-state index in [0.717, 1.165) is 12.8 Å². The lowest BCUT2D eigenvalue weighted by Crippen LogP contribution is -2.39. The fraction of sp³-hybridized carbons (Fsp3) is 0.474. The average Bonchev–Trinajstić information content (AvgIpc) is 3.25. The van der Waals surface area contributed by atoms with E-state index in [9.17, 15) is 14.7 Å². The first kappa shape index (κ1) is 19.7. The molecule has 3 heterocycles. The van der Waals surface area contributed by atoms with Crippen molar-refractivity contribution in [3.8, 4) is 0 Å². The smallest absolute Gasteiger partial charge is 0.416 e. The van der Waals surface area contributed by atoms with Gasteiger partial charge in [-0.2, -0.15) is 9.61 Å². The number of hydrogen-bond donors (Lipinski definition) is 2. The summed E-state index contributed by atoms with van der Waals surface area (Å²) in [4.78, 5) is 30.3. The van der Waals surface area contributed by atoms with Crippen molar-refractivity contribution < 1.29 is 19.4 Å². The Bertz CT molecular complexity index is 1020. The molecule has 0 radical (unpaired) electrons. The molecule has 4 rings (SSSR count). The van der Waals surface area contributed by atoms with Gasteiger partial charge < -0.3 is 15.2 Å². The number of aromatic nitrogens is 3. The minimum atomic E-state index is -1.04. The number of carbonyl (C=O) groups excluding carboxylic acids is 2. The minimum absolute atomic E-state index is 0.0102. The van der Waals surface area contributed by atoms with Gasteiger partial charge in [-0.1, -0.05) is 11.6 Å². The molecule has 29 heavy (non-hydrogen) atoms. The van der Waals surface area contributed by atoms with Crippen molar-refractivity contribution in [2.75, 3.05) is 4.90 Å². The molecule has 1 aliphatic heterocycles. The zero-order valence-electron chi connectivity index (χ0n) is 16.3. The maximum atomic E-state index is 12.9. The van der Waals surface area contributed by atoms with E-state index in [-0.39, 0.29) is 23.5 Å². The van der Waals surface area contributed by atoms with Gasteiger partial charge in [-0.05, 0) is 45.3 Å². The van der Waals surface area contributed by atoms with E-state index in [1.807, 2.05) is 20.8 Å². The molecule has 10 heteroatoms. The molecule has 2 aromatic heterocycles. The molecule has 1 saturated carbocycles. The Morgan fingerprint density at radius 1 is 1.45 bits per heavy atom. The van der Waals surface area contributed by atoms with Crippen molar-refractivity contribution in [3.05, 3.63) is 28.6 Å². The lowest BCUT2D eigenvalue weighted by Gasteiger charge is -2.27. The SMILES string of the molecule is CC(C)(C)OC(=O)N(c1cc(Cl)nc2c(C=C3CC(=O)NC3O)cnn12)C1CC1. The Hall–Kier alpha value is -2.65. The first-order chi connectivity index (χ1) is 13.6. The highest BCUT2D eigenvalue weighted by atomic mass is 35.5. The van der Waals surface area contributed by atoms with E-state index in [1.54, 1.807) is 23.2 Å². The number of aliphatic hydroxyl groups is 1. The van der Waals surface area contributed by atoms with E-state index in [0.29, 0.717) is 22.6 Å². The minimum Gasteiger partial charge on any atom is -0.443 e. The van der Waals surface area contributed by atoms with E-state index >= 15 is 0 Å². The summed E-state index contributed by atoms with van der Waals surface area (Å²) in [5, 5.41) is 16.9. The molecule has 1 saturated heterocycles. The van der Waals surface area contributed by atoms with Gasteiger partial charge in [0, 0.05) is 17.7 Å². The molecule has 154 valence electrons. The van der Waals surface area contributed by atoms with Crippen LogP contribution in [0.5, 0.6) is 0 Å². The zero-order chi connectivity index (χ0) is 20.9. The topological polar surface area (TPSA) is 109 Å². The number of hydrogen-bond acceptors (Lipinski definition) is 6. The van der Waals surface area contributed by atoms with Crippen molar-refractivity contribution in [1.29, 1.82) is 0 Å². The third kappa shape index (κ3) is 4.06. The second-order valence-electron chi connectivity index (χ2n) is 8.22. The van der Waals surface area contributed by atoms with Gasteiger partial charge in [0.15, 0.2) is 5.65 Å². The molecule has 2 amide bonds. The van der Waals surface area contributed by atoms with Crippen molar-refractivity contribution in [1.82, 2.24) is 19.9 Å². The van der Waals surface area contributed by atoms with E-state index < -0.39 is 17.9 Å². The molecule has 9 nitrogen and oxygen atoms in total. The fourth-order valence-electron chi connectivity index (χ4n) is 3.19. The zero-order valence-corrected chi connectivity index (χ0v) is 17.1. The maximum absolute atomic E-state index is 12.9. The summed E-state index contributed by atoms with van der Waals surface area (Å²) in [5.41, 5.74) is 0.872. The number of aliphatic hydroxyl groups excluding tert-OH is 1. The second kappa shape index (κ2) is 7.00. The van der Waals surface area contributed by atoms with E-state index in [1.165, 1.54) is 4.52 Å². The molecule has 0 bridgehead atoms. The Morgan fingerprint density at radius 3 is 2.76 bits per heavy atom. The number of amides is 2. The molecule has 2 aliphatic rings. The Morgan fingerprint density at radius 2 is 2.17 bits per heavy atom. The molecular formula is C19H22ClN5O4. The number of nitrogens with one attached hydrogen (secondary N) is 1. The maximum Gasteiger partial charge on any atom is 0.416 e. The van der Waals surface area contributed by atoms with Crippen LogP contribution in [0.25, 0.3) is 11.7 Å². The predicted octanol–water partition coefficient (Wildman–Crippen LogP) is 2.51. The normalized spacial score (nSPS) is 20.9. The van der Waals surface area contributed by atoms with E-state index in [4.69, 9.17) is 16.3 Å². The summed E-state index contributed by atoms with van der Waals surface area (Å²) < 4.78 is 7.10. The molecular weight excluding hydrogens is 398 g/mol. The number of nitrogens with zero attached hydrogens (tertiary/aromatic N) is 4. The average molecular weight is 420 g/mol. The van der Waals surface area contributed by atoms with Crippen molar-refractivity contribution in [2.45, 2.75) is 57.9 Å². The lowest BCUT2D eigenvalue weighted by atomic mass is 10.1. The van der Waals surface area contributed by atoms with Gasteiger partial charge in [0.25, 0.3) is 0 Å². The largest absolute Gasteiger partial charge is 0.443 e. The first-order valence-corrected chi connectivity index (χ1v) is 9.74. The molecule has 1 aliphatic carbocycles. The molecule has 0 aromatic carbocycles. The predicted molar refractivity (Wildman–Crippen MR) is 106 cm³/mol. The monoisotopic (exact) mass is 419 g/mol. The highest BCUT2D eigenvalue weighted by Crippen LogP contribution is 2.35. The summed E-state index contributed by atoms with van der Waals surface area (Å²) in [5.74, 6) is 0.208. The van der Waals surface area contributed by atoms with Crippen molar-refractivity contribution in [2.24, 2.45) is 0 Å². The number of anilines is 1. The molecule has 1 atom stereocenters. The quantitative estimate of drug-likeness (QED) is 0.740. The number of carbonyl (C=O) groups is 2. The van der Waals surface area contributed by atoms with Crippen LogP contribution in [0, 0.1) is 0 Å². The number of rotatable bonds is 3. The Kier molecular flexibility index (Phi) is 4.74. The molecule has 1 unspecified atom stereocenters. The molecule has 2 aromatic rings. The van der Waals surface area contributed by atoms with E-state index in [2.05, 4.69) is 15.4 Å². The highest BCUT2D eigenvalue weighted by Gasteiger charge is 2.38. The van der Waals surface area contributed by atoms with Crippen LogP contribution >= 0.6 is 11.6 Å². The van der Waals surface area contributed by atoms with Crippen LogP contribution in [0.15, 0.2) is 17.8 Å². The van der Waals surface area contributed by atoms with Crippen LogP contribution in [0.4, 0.5) is 10.6 Å². The van der Waals surface area contributed by atoms with Gasteiger partial charge in [0.1, 0.15) is 22.8 Å². The molecule has 2 fully saturated rings. The van der Waals surface area contributed by atoms with Gasteiger partial charge in [-0.15, -0.1) is 0 Å². The summed E-state index contributed by atoms with van der Waals surface area (Å²) in [7, 11) is 0. The summed E-state index contributed by atoms with van der Waals surface area (Å²) in [6.45, 7) is 5.43. The fourth-order valence-corrected chi connectivity index (χ4v) is 3.37. The number of fused-ring (bicyclic) bond motifs is 1. The van der Waals surface area contributed by atoms with Gasteiger partial charge in [0.05, 0.1) is 12.6 Å². The van der Waals surface area contributed by atoms with Gasteiger partial charge in [-0.3, -0.25) is 9.69 Å². The van der Waals surface area contributed by atoms with Gasteiger partial charge in [-0.25, -0.2) is 9.78 Å². The number of ether oxygens (including phenoxy) is 1. The third-order valence-corrected chi connectivity index (χ3v) is 4.75. The highest BCUT2D eigenvalue weighted by molar-refractivity contribution is 6.29. The summed E-state index contributed by atoms with van der Waals surface area (Å²) in [6, 6.07) is 1.59. The Balaban J connectivity index is 1.77. The first-order valence-electron chi connectivity index (χ1n) is 9.37. The molecule has 0 spiro atoms. The lowest BCUT2D eigenvalue weighted by molar-refractivity contribution is -0.120. The third-order valence-electron chi connectivity index (χ3n) is 4.55. The van der Waals surface area contributed by atoms with Crippen LogP contribution < -0.4 is 10.2 Å². The van der Waals surface area contributed by atoms with Crippen molar-refractivity contribution in [3.63, 3.8) is 0 Å². The van der Waals surface area contributed by atoms with Crippen molar-refractivity contribution >= 4 is 41.1 Å². The molecule has 2 N–H and O–H groups in total. The van der Waals surface area contributed by atoms with Gasteiger partial charge in [0.2, 0.25) is 5.91 Å². The van der Waals surface area contributed by atoms with Crippen LogP contribution in [0.2, 0.25) is 5.15 Å². The summed E-state index contributed by atoms with van der Waals surface area (Å²) >= 11 is 6.26.